The van der Waals surface area contributed by atoms with Crippen LogP contribution < -0.4 is 0 Å². The average molecular weight is 469 g/mol. The standard InChI is InChI=1S/C31H48O3/c1-20(10-9-11-21(2)27(33)34-8)22-14-18-31(7)24-12-13-25-28(3,4)26(32)16-17-29(25,5)23(24)15-19-30(22,31)6/h11-12,20,22-23,25H,9-10,13-19H2,1-8H3/b21-11+/t20-,22+,23+,25+,29-,30+,31-/m1/s1. The fraction of sp³-hybridized carbons (Fsp3) is 0.806. The van der Waals surface area contributed by atoms with E-state index in [1.54, 1.807) is 5.57 Å². The predicted molar refractivity (Wildman–Crippen MR) is 138 cm³/mol. The highest BCUT2D eigenvalue weighted by molar-refractivity contribution is 5.87. The molecule has 0 N–H and O–H groups in total. The summed E-state index contributed by atoms with van der Waals surface area (Å²) < 4.78 is 4.85. The number of hydrogen-bond donors (Lipinski definition) is 0. The Labute approximate surface area is 208 Å². The van der Waals surface area contributed by atoms with Crippen molar-refractivity contribution in [1.82, 2.24) is 0 Å². The van der Waals surface area contributed by atoms with Crippen LogP contribution in [0.25, 0.3) is 0 Å². The van der Waals surface area contributed by atoms with E-state index in [1.807, 2.05) is 6.92 Å². The number of allylic oxidation sites excluding steroid dienone is 3. The molecule has 0 bridgehead atoms. The van der Waals surface area contributed by atoms with Crippen LogP contribution in [0.1, 0.15) is 106 Å². The summed E-state index contributed by atoms with van der Waals surface area (Å²) in [5.41, 5.74) is 3.14. The third kappa shape index (κ3) is 3.58. The number of rotatable bonds is 5. The number of ketones is 1. The lowest BCUT2D eigenvalue weighted by Gasteiger charge is -2.63. The minimum atomic E-state index is -0.213. The van der Waals surface area contributed by atoms with Crippen LogP contribution in [0.15, 0.2) is 23.3 Å². The molecule has 0 aromatic rings. The number of carbonyl (C=O) groups excluding carboxylic acids is 2. The fourth-order valence-corrected chi connectivity index (χ4v) is 9.47. The van der Waals surface area contributed by atoms with Crippen LogP contribution in [0.2, 0.25) is 0 Å². The summed E-state index contributed by atoms with van der Waals surface area (Å²) in [4.78, 5) is 24.5. The number of Topliss-reactive ketones (excluding diaryl/α,β-unsaturated/α-hetero) is 1. The highest BCUT2D eigenvalue weighted by Crippen LogP contribution is 2.73. The minimum absolute atomic E-state index is 0.195. The van der Waals surface area contributed by atoms with Crippen LogP contribution in [0.4, 0.5) is 0 Å². The second-order valence-corrected chi connectivity index (χ2v) is 13.5. The van der Waals surface area contributed by atoms with Gasteiger partial charge in [0.25, 0.3) is 0 Å². The fourth-order valence-electron chi connectivity index (χ4n) is 9.47. The van der Waals surface area contributed by atoms with E-state index in [-0.39, 0.29) is 22.2 Å². The van der Waals surface area contributed by atoms with E-state index in [0.29, 0.717) is 29.0 Å². The van der Waals surface area contributed by atoms with Crippen molar-refractivity contribution < 1.29 is 14.3 Å². The van der Waals surface area contributed by atoms with Gasteiger partial charge in [-0.3, -0.25) is 4.79 Å². The molecule has 0 spiro atoms. The van der Waals surface area contributed by atoms with Crippen LogP contribution in [-0.2, 0) is 14.3 Å². The van der Waals surface area contributed by atoms with Crippen LogP contribution in [0.3, 0.4) is 0 Å². The number of ether oxygens (including phenoxy) is 1. The third-order valence-electron chi connectivity index (χ3n) is 11.9. The molecule has 3 saturated carbocycles. The SMILES string of the molecule is COC(=O)/C(C)=C/CC[C@@H](C)[C@@H]1CC[C@]2(C)C3=CC[C@H]4C(C)(C)C(=O)CC[C@]4(C)[C@H]3CC[C@@]12C. The smallest absolute Gasteiger partial charge is 0.333 e. The maximum absolute atomic E-state index is 12.8. The lowest BCUT2D eigenvalue weighted by molar-refractivity contribution is -0.146. The molecule has 0 aromatic heterocycles. The number of hydrogen-bond acceptors (Lipinski definition) is 3. The predicted octanol–water partition coefficient (Wildman–Crippen LogP) is 7.70. The summed E-state index contributed by atoms with van der Waals surface area (Å²) in [7, 11) is 1.45. The van der Waals surface area contributed by atoms with Gasteiger partial charge in [0.1, 0.15) is 5.78 Å². The molecule has 0 heterocycles. The zero-order valence-electron chi connectivity index (χ0n) is 23.1. The van der Waals surface area contributed by atoms with Gasteiger partial charge in [-0.05, 0) is 98.2 Å². The molecule has 0 saturated heterocycles. The van der Waals surface area contributed by atoms with E-state index in [0.717, 1.165) is 43.6 Å². The maximum Gasteiger partial charge on any atom is 0.333 e. The summed E-state index contributed by atoms with van der Waals surface area (Å²) in [5.74, 6) is 2.74. The quantitative estimate of drug-likeness (QED) is 0.236. The lowest BCUT2D eigenvalue weighted by atomic mass is 9.41. The van der Waals surface area contributed by atoms with Crippen molar-refractivity contribution >= 4 is 11.8 Å². The van der Waals surface area contributed by atoms with E-state index in [9.17, 15) is 9.59 Å². The second-order valence-electron chi connectivity index (χ2n) is 13.5. The molecule has 7 atom stereocenters. The van der Waals surface area contributed by atoms with Crippen LogP contribution in [-0.4, -0.2) is 18.9 Å². The molecule has 0 amide bonds. The Morgan fingerprint density at radius 3 is 2.53 bits per heavy atom. The van der Waals surface area contributed by atoms with Gasteiger partial charge in [0.2, 0.25) is 0 Å². The number of carbonyl (C=O) groups is 2. The van der Waals surface area contributed by atoms with E-state index in [2.05, 4.69) is 53.7 Å². The van der Waals surface area contributed by atoms with Gasteiger partial charge in [-0.2, -0.15) is 0 Å². The second kappa shape index (κ2) is 8.63. The number of fused-ring (bicyclic) bond motifs is 5. The molecule has 0 radical (unpaired) electrons. The van der Waals surface area contributed by atoms with E-state index in [1.165, 1.54) is 32.8 Å². The van der Waals surface area contributed by atoms with Crippen LogP contribution >= 0.6 is 0 Å². The zero-order chi connectivity index (χ0) is 25.1. The van der Waals surface area contributed by atoms with Crippen molar-refractivity contribution in [1.29, 1.82) is 0 Å². The Morgan fingerprint density at radius 1 is 1.15 bits per heavy atom. The molecular weight excluding hydrogens is 420 g/mol. The lowest BCUT2D eigenvalue weighted by Crippen LogP contribution is -2.57. The first-order valence-electron chi connectivity index (χ1n) is 13.8. The molecule has 4 aliphatic carbocycles. The van der Waals surface area contributed by atoms with Crippen LogP contribution in [0, 0.1) is 45.3 Å². The average Bonchev–Trinajstić information content (AvgIpc) is 3.07. The van der Waals surface area contributed by atoms with Crippen molar-refractivity contribution in [2.75, 3.05) is 7.11 Å². The molecule has 0 aromatic carbocycles. The highest BCUT2D eigenvalue weighted by Gasteiger charge is 2.65. The summed E-state index contributed by atoms with van der Waals surface area (Å²) >= 11 is 0. The first kappa shape index (κ1) is 25.7. The van der Waals surface area contributed by atoms with Gasteiger partial charge in [-0.25, -0.2) is 4.79 Å². The summed E-state index contributed by atoms with van der Waals surface area (Å²) in [5, 5.41) is 0. The highest BCUT2D eigenvalue weighted by atomic mass is 16.5. The molecule has 0 aliphatic heterocycles. The third-order valence-corrected chi connectivity index (χ3v) is 11.9. The van der Waals surface area contributed by atoms with Gasteiger partial charge in [-0.1, -0.05) is 59.3 Å². The van der Waals surface area contributed by atoms with E-state index >= 15 is 0 Å². The van der Waals surface area contributed by atoms with Gasteiger partial charge < -0.3 is 4.74 Å². The van der Waals surface area contributed by atoms with Gasteiger partial charge in [0, 0.05) is 17.4 Å². The van der Waals surface area contributed by atoms with Crippen molar-refractivity contribution in [2.45, 2.75) is 106 Å². The van der Waals surface area contributed by atoms with Crippen LogP contribution in [0.5, 0.6) is 0 Å². The summed E-state index contributed by atoms with van der Waals surface area (Å²) in [6.07, 6.45) is 14.8. The monoisotopic (exact) mass is 468 g/mol. The molecule has 3 fully saturated rings. The normalized spacial score (nSPS) is 42.2. The Morgan fingerprint density at radius 2 is 1.85 bits per heavy atom. The molecule has 190 valence electrons. The Bertz CT molecular complexity index is 910. The first-order chi connectivity index (χ1) is 15.8. The van der Waals surface area contributed by atoms with Crippen molar-refractivity contribution in [2.24, 2.45) is 45.3 Å². The van der Waals surface area contributed by atoms with E-state index < -0.39 is 0 Å². The summed E-state index contributed by atoms with van der Waals surface area (Å²) in [6, 6.07) is 0. The Hall–Kier alpha value is -1.38. The van der Waals surface area contributed by atoms with E-state index in [4.69, 9.17) is 4.74 Å². The molecular formula is C31H48O3. The number of methoxy groups -OCH3 is 1. The molecule has 34 heavy (non-hydrogen) atoms. The van der Waals surface area contributed by atoms with Gasteiger partial charge in [0.05, 0.1) is 7.11 Å². The van der Waals surface area contributed by atoms with Gasteiger partial charge in [0.15, 0.2) is 0 Å². The van der Waals surface area contributed by atoms with Crippen molar-refractivity contribution in [3.63, 3.8) is 0 Å². The molecule has 3 nitrogen and oxygen atoms in total. The topological polar surface area (TPSA) is 43.4 Å². The first-order valence-corrected chi connectivity index (χ1v) is 13.8. The minimum Gasteiger partial charge on any atom is -0.466 e. The zero-order valence-corrected chi connectivity index (χ0v) is 23.1. The summed E-state index contributed by atoms with van der Waals surface area (Å²) in [6.45, 7) is 16.4. The van der Waals surface area contributed by atoms with Gasteiger partial charge >= 0.3 is 5.97 Å². The van der Waals surface area contributed by atoms with Gasteiger partial charge in [-0.15, -0.1) is 0 Å². The largest absolute Gasteiger partial charge is 0.466 e. The molecule has 4 aliphatic rings. The van der Waals surface area contributed by atoms with Crippen molar-refractivity contribution in [3.05, 3.63) is 23.3 Å². The Kier molecular flexibility index (Phi) is 6.52. The Balaban J connectivity index is 1.56. The molecule has 3 heteroatoms. The molecule has 4 rings (SSSR count). The molecule has 0 unspecified atom stereocenters. The number of esters is 1. The van der Waals surface area contributed by atoms with Crippen molar-refractivity contribution in [3.8, 4) is 0 Å². The maximum atomic E-state index is 12.8.